The van der Waals surface area contributed by atoms with Crippen LogP contribution in [0.15, 0.2) is 30.6 Å². The molecule has 0 unspecified atom stereocenters. The molecule has 5 rings (SSSR count). The van der Waals surface area contributed by atoms with E-state index in [2.05, 4.69) is 15.3 Å². The van der Waals surface area contributed by atoms with Gasteiger partial charge in [-0.05, 0) is 37.5 Å². The highest BCUT2D eigenvalue weighted by atomic mass is 32.1. The minimum Gasteiger partial charge on any atom is -0.486 e. The number of fused-ring (bicyclic) bond motifs is 2. The zero-order chi connectivity index (χ0) is 19.8. The third kappa shape index (κ3) is 3.37. The lowest BCUT2D eigenvalue weighted by atomic mass is 10.2. The second kappa shape index (κ2) is 7.51. The third-order valence-electron chi connectivity index (χ3n) is 5.38. The van der Waals surface area contributed by atoms with E-state index in [0.29, 0.717) is 13.2 Å². The Morgan fingerprint density at radius 3 is 2.86 bits per heavy atom. The number of carbonyl (C=O) groups excluding carboxylic acids is 1. The van der Waals surface area contributed by atoms with Gasteiger partial charge in [0.25, 0.3) is 5.91 Å². The van der Waals surface area contributed by atoms with Crippen LogP contribution in [-0.2, 0) is 0 Å². The number of thiophene rings is 1. The van der Waals surface area contributed by atoms with Gasteiger partial charge in [0.1, 0.15) is 29.7 Å². The van der Waals surface area contributed by atoms with Crippen molar-refractivity contribution in [2.24, 2.45) is 0 Å². The highest BCUT2D eigenvalue weighted by Gasteiger charge is 2.26. The third-order valence-corrected chi connectivity index (χ3v) is 6.57. The lowest BCUT2D eigenvalue weighted by molar-refractivity contribution is 0.0797. The molecule has 2 aliphatic heterocycles. The molecule has 3 aromatic rings. The molecule has 8 heteroatoms. The number of hydrogen-bond acceptors (Lipinski definition) is 7. The fraction of sp³-hybridized carbons (Fsp3) is 0.381. The van der Waals surface area contributed by atoms with Crippen LogP contribution in [0.25, 0.3) is 10.2 Å². The summed E-state index contributed by atoms with van der Waals surface area (Å²) in [5.74, 6) is 2.36. The number of amides is 1. The first-order valence-electron chi connectivity index (χ1n) is 9.86. The molecule has 150 valence electrons. The van der Waals surface area contributed by atoms with Crippen LogP contribution in [0.4, 0.5) is 5.82 Å². The minimum absolute atomic E-state index is 0.106. The molecule has 0 spiro atoms. The Kier molecular flexibility index (Phi) is 4.71. The predicted molar refractivity (Wildman–Crippen MR) is 112 cm³/mol. The van der Waals surface area contributed by atoms with Crippen molar-refractivity contribution in [3.05, 3.63) is 41.0 Å². The van der Waals surface area contributed by atoms with Crippen molar-refractivity contribution in [2.75, 3.05) is 31.6 Å². The Balaban J connectivity index is 1.36. The van der Waals surface area contributed by atoms with Gasteiger partial charge in [-0.3, -0.25) is 4.79 Å². The summed E-state index contributed by atoms with van der Waals surface area (Å²) in [7, 11) is 0. The molecule has 1 saturated heterocycles. The van der Waals surface area contributed by atoms with Gasteiger partial charge in [0.2, 0.25) is 0 Å². The van der Waals surface area contributed by atoms with E-state index in [4.69, 9.17) is 9.47 Å². The summed E-state index contributed by atoms with van der Waals surface area (Å²) in [4.78, 5) is 25.3. The zero-order valence-corrected chi connectivity index (χ0v) is 17.0. The molecule has 0 aliphatic carbocycles. The number of aryl methyl sites for hydroxylation is 1. The average molecular weight is 410 g/mol. The summed E-state index contributed by atoms with van der Waals surface area (Å²) in [5, 5.41) is 4.29. The first-order chi connectivity index (χ1) is 14.2. The second-order valence-corrected chi connectivity index (χ2v) is 8.34. The van der Waals surface area contributed by atoms with Crippen LogP contribution in [0.2, 0.25) is 0 Å². The maximum Gasteiger partial charge on any atom is 0.264 e. The lowest BCUT2D eigenvalue weighted by Gasteiger charge is -2.26. The normalized spacial score (nSPS) is 18.2. The fourth-order valence-electron chi connectivity index (χ4n) is 3.85. The van der Waals surface area contributed by atoms with Gasteiger partial charge in [-0.2, -0.15) is 0 Å². The standard InChI is InChI=1S/C21H22N4O3S/c1-13-17-19(22-10-14-11-27-15-6-2-3-7-16(15)28-14)23-12-24-20(17)29-18(13)21(26)25-8-4-5-9-25/h2-3,6-7,12,14H,4-5,8-11H2,1H3,(H,22,23,24)/t14-/m1/s1. The Bertz CT molecular complexity index is 1060. The number of nitrogens with one attached hydrogen (secondary N) is 1. The van der Waals surface area contributed by atoms with Gasteiger partial charge < -0.3 is 19.7 Å². The molecular formula is C21H22N4O3S. The van der Waals surface area contributed by atoms with Gasteiger partial charge in [-0.15, -0.1) is 11.3 Å². The highest BCUT2D eigenvalue weighted by molar-refractivity contribution is 7.20. The number of ether oxygens (including phenoxy) is 2. The number of benzene rings is 1. The van der Waals surface area contributed by atoms with Crippen LogP contribution in [0, 0.1) is 6.92 Å². The summed E-state index contributed by atoms with van der Waals surface area (Å²) in [6.07, 6.45) is 3.57. The van der Waals surface area contributed by atoms with Crippen LogP contribution in [0.5, 0.6) is 11.5 Å². The molecule has 1 atom stereocenters. The summed E-state index contributed by atoms with van der Waals surface area (Å²) in [6, 6.07) is 7.67. The van der Waals surface area contributed by atoms with Crippen molar-refractivity contribution >= 4 is 33.3 Å². The Morgan fingerprint density at radius 2 is 2.03 bits per heavy atom. The smallest absolute Gasteiger partial charge is 0.264 e. The molecular weight excluding hydrogens is 388 g/mol. The molecule has 7 nitrogen and oxygen atoms in total. The predicted octanol–water partition coefficient (Wildman–Crippen LogP) is 3.49. The lowest BCUT2D eigenvalue weighted by Crippen LogP contribution is -2.35. The number of likely N-dealkylation sites (tertiary alicyclic amines) is 1. The molecule has 0 bridgehead atoms. The van der Waals surface area contributed by atoms with Crippen molar-refractivity contribution in [3.63, 3.8) is 0 Å². The summed E-state index contributed by atoms with van der Waals surface area (Å²) in [5.41, 5.74) is 0.941. The molecule has 2 aromatic heterocycles. The fourth-order valence-corrected chi connectivity index (χ4v) is 4.96. The molecule has 1 amide bonds. The number of nitrogens with zero attached hydrogens (tertiary/aromatic N) is 3. The molecule has 1 aromatic carbocycles. The van der Waals surface area contributed by atoms with E-state index in [1.54, 1.807) is 0 Å². The maximum atomic E-state index is 12.9. The molecule has 1 N–H and O–H groups in total. The number of aromatic nitrogens is 2. The van der Waals surface area contributed by atoms with Crippen LogP contribution < -0.4 is 14.8 Å². The Hall–Kier alpha value is -2.87. The van der Waals surface area contributed by atoms with Crippen LogP contribution in [0.3, 0.4) is 0 Å². The Morgan fingerprint density at radius 1 is 1.24 bits per heavy atom. The van der Waals surface area contributed by atoms with Gasteiger partial charge in [-0.1, -0.05) is 12.1 Å². The van der Waals surface area contributed by atoms with Gasteiger partial charge in [0, 0.05) is 13.1 Å². The Labute approximate surface area is 172 Å². The van der Waals surface area contributed by atoms with E-state index >= 15 is 0 Å². The molecule has 0 radical (unpaired) electrons. The molecule has 4 heterocycles. The van der Waals surface area contributed by atoms with E-state index in [0.717, 1.165) is 63.9 Å². The van der Waals surface area contributed by atoms with Gasteiger partial charge in [0.05, 0.1) is 16.8 Å². The second-order valence-electron chi connectivity index (χ2n) is 7.34. The van der Waals surface area contributed by atoms with Crippen molar-refractivity contribution < 1.29 is 14.3 Å². The van der Waals surface area contributed by atoms with E-state index in [-0.39, 0.29) is 12.0 Å². The highest BCUT2D eigenvalue weighted by Crippen LogP contribution is 2.35. The van der Waals surface area contributed by atoms with E-state index in [9.17, 15) is 4.79 Å². The molecule has 2 aliphatic rings. The van der Waals surface area contributed by atoms with Gasteiger partial charge in [-0.25, -0.2) is 9.97 Å². The van der Waals surface area contributed by atoms with E-state index in [1.165, 1.54) is 17.7 Å². The van der Waals surface area contributed by atoms with Crippen LogP contribution >= 0.6 is 11.3 Å². The topological polar surface area (TPSA) is 76.6 Å². The largest absolute Gasteiger partial charge is 0.486 e. The first kappa shape index (κ1) is 18.2. The quantitative estimate of drug-likeness (QED) is 0.710. The van der Waals surface area contributed by atoms with Crippen LogP contribution in [0.1, 0.15) is 28.1 Å². The zero-order valence-electron chi connectivity index (χ0n) is 16.2. The number of carbonyl (C=O) groups is 1. The maximum absolute atomic E-state index is 12.9. The number of hydrogen-bond donors (Lipinski definition) is 1. The average Bonchev–Trinajstić information content (AvgIpc) is 3.40. The van der Waals surface area contributed by atoms with Crippen molar-refractivity contribution in [1.29, 1.82) is 0 Å². The number of para-hydroxylation sites is 2. The van der Waals surface area contributed by atoms with Crippen molar-refractivity contribution in [2.45, 2.75) is 25.9 Å². The van der Waals surface area contributed by atoms with E-state index in [1.807, 2.05) is 36.1 Å². The van der Waals surface area contributed by atoms with Crippen molar-refractivity contribution in [3.8, 4) is 11.5 Å². The molecule has 29 heavy (non-hydrogen) atoms. The molecule has 0 saturated carbocycles. The first-order valence-corrected chi connectivity index (χ1v) is 10.7. The number of anilines is 1. The van der Waals surface area contributed by atoms with Crippen molar-refractivity contribution in [1.82, 2.24) is 14.9 Å². The van der Waals surface area contributed by atoms with Gasteiger partial charge >= 0.3 is 0 Å². The SMILES string of the molecule is Cc1c(C(=O)N2CCCC2)sc2ncnc(NC[C@@H]3COc4ccccc4O3)c12. The minimum atomic E-state index is -0.125. The summed E-state index contributed by atoms with van der Waals surface area (Å²) in [6.45, 7) is 4.67. The summed E-state index contributed by atoms with van der Waals surface area (Å²) >= 11 is 1.45. The van der Waals surface area contributed by atoms with E-state index < -0.39 is 0 Å². The number of rotatable bonds is 4. The molecule has 1 fully saturated rings. The summed E-state index contributed by atoms with van der Waals surface area (Å²) < 4.78 is 11.8. The monoisotopic (exact) mass is 410 g/mol. The van der Waals surface area contributed by atoms with Gasteiger partial charge in [0.15, 0.2) is 11.5 Å². The van der Waals surface area contributed by atoms with Crippen LogP contribution in [-0.4, -0.2) is 53.1 Å².